The highest BCUT2D eigenvalue weighted by molar-refractivity contribution is 5.69. The molecular weight excluding hydrogens is 447 g/mol. The van der Waals surface area contributed by atoms with Crippen LogP contribution in [0.3, 0.4) is 0 Å². The van der Waals surface area contributed by atoms with Crippen molar-refractivity contribution >= 4 is 6.09 Å². The molecule has 2 aromatic carbocycles. The number of aryl methyl sites for hydroxylation is 1. The molecule has 1 aliphatic heterocycles. The molecule has 0 aliphatic carbocycles. The smallest absolute Gasteiger partial charge is 0.410 e. The van der Waals surface area contributed by atoms with Gasteiger partial charge in [-0.05, 0) is 49.6 Å². The Morgan fingerprint density at radius 1 is 1.11 bits per heavy atom. The summed E-state index contributed by atoms with van der Waals surface area (Å²) in [5.74, 6) is -0.178. The van der Waals surface area contributed by atoms with E-state index in [2.05, 4.69) is 0 Å². The Morgan fingerprint density at radius 3 is 2.29 bits per heavy atom. The lowest BCUT2D eigenvalue weighted by Crippen LogP contribution is -2.45. The minimum absolute atomic E-state index is 0.0956. The summed E-state index contributed by atoms with van der Waals surface area (Å²) in [6.07, 6.45) is 2.20. The predicted octanol–water partition coefficient (Wildman–Crippen LogP) is 5.45. The van der Waals surface area contributed by atoms with Crippen molar-refractivity contribution in [3.05, 3.63) is 90.0 Å². The Bertz CT molecular complexity index is 1110. The van der Waals surface area contributed by atoms with E-state index < -0.39 is 5.60 Å². The summed E-state index contributed by atoms with van der Waals surface area (Å²) in [7, 11) is 0. The van der Waals surface area contributed by atoms with Crippen LogP contribution < -0.4 is 4.73 Å². The van der Waals surface area contributed by atoms with Gasteiger partial charge in [-0.25, -0.2) is 9.18 Å². The van der Waals surface area contributed by atoms with Crippen LogP contribution in [-0.2, 0) is 4.74 Å². The molecule has 1 aliphatic rings. The van der Waals surface area contributed by atoms with E-state index >= 15 is 0 Å². The Morgan fingerprint density at radius 2 is 1.77 bits per heavy atom. The number of cyclic esters (lactones) is 1. The van der Waals surface area contributed by atoms with Crippen molar-refractivity contribution < 1.29 is 29.0 Å². The fourth-order valence-electron chi connectivity index (χ4n) is 4.03. The van der Waals surface area contributed by atoms with Crippen molar-refractivity contribution in [2.45, 2.75) is 58.3 Å². The molecule has 1 fully saturated rings. The molecule has 3 aromatic rings. The van der Waals surface area contributed by atoms with Crippen LogP contribution in [0, 0.1) is 12.7 Å². The zero-order chi connectivity index (χ0) is 25.6. The lowest BCUT2D eigenvalue weighted by atomic mass is 9.97. The van der Waals surface area contributed by atoms with E-state index in [0.29, 0.717) is 19.4 Å². The van der Waals surface area contributed by atoms with Gasteiger partial charge in [-0.1, -0.05) is 42.5 Å². The minimum Gasteiger partial charge on any atom is -0.446 e. The summed E-state index contributed by atoms with van der Waals surface area (Å²) in [6, 6.07) is 19.7. The molecule has 2 heterocycles. The number of amides is 1. The second kappa shape index (κ2) is 11.3. The average Bonchev–Trinajstić information content (AvgIpc) is 2.81. The van der Waals surface area contributed by atoms with Crippen molar-refractivity contribution in [2.75, 3.05) is 6.54 Å². The molecule has 1 amide bonds. The maximum Gasteiger partial charge on any atom is 0.410 e. The van der Waals surface area contributed by atoms with Gasteiger partial charge in [-0.2, -0.15) is 0 Å². The molecule has 2 N–H and O–H groups in total. The van der Waals surface area contributed by atoms with E-state index in [9.17, 15) is 19.5 Å². The van der Waals surface area contributed by atoms with Crippen LogP contribution in [0.1, 0.15) is 50.9 Å². The standard InChI is InChI=1S/C22H29N2O4.C6H5F/c1-15-13-19(9-12-24(15)27)18-7-5-17(6-8-18)16(2)23-11-10-20(28-21(23)25)14-22(3,4)26;7-6-4-2-1-3-5-6/h5-9,12-13,16,20,26-27H,10-11,14H2,1-4H3;1-5H/q+1;. The fraction of sp³-hybridized carbons (Fsp3) is 0.357. The maximum atomic E-state index is 12.5. The summed E-state index contributed by atoms with van der Waals surface area (Å²) in [6.45, 7) is 7.90. The molecule has 0 saturated carbocycles. The van der Waals surface area contributed by atoms with Gasteiger partial charge in [0.1, 0.15) is 11.9 Å². The number of ether oxygens (including phenoxy) is 1. The van der Waals surface area contributed by atoms with Gasteiger partial charge in [0.2, 0.25) is 11.9 Å². The SMILES string of the molecule is Cc1cc(-c2ccc(C(C)N3CCC(CC(C)(C)O)OC3=O)cc2)cc[n+]1O.Fc1ccccc1. The molecule has 2 atom stereocenters. The molecule has 1 saturated heterocycles. The average molecular weight is 482 g/mol. The van der Waals surface area contributed by atoms with Crippen LogP contribution in [0.4, 0.5) is 9.18 Å². The zero-order valence-corrected chi connectivity index (χ0v) is 20.7. The number of aliphatic hydroxyl groups is 1. The van der Waals surface area contributed by atoms with Gasteiger partial charge in [-0.15, -0.1) is 0 Å². The maximum absolute atomic E-state index is 12.5. The molecule has 0 spiro atoms. The number of benzene rings is 2. The van der Waals surface area contributed by atoms with E-state index in [4.69, 9.17) is 4.74 Å². The quantitative estimate of drug-likeness (QED) is 0.376. The number of nitrogens with zero attached hydrogens (tertiary/aromatic N) is 2. The van der Waals surface area contributed by atoms with E-state index in [0.717, 1.165) is 27.1 Å². The lowest BCUT2D eigenvalue weighted by Gasteiger charge is -2.37. The number of halogens is 1. The molecule has 186 valence electrons. The van der Waals surface area contributed by atoms with E-state index in [1.54, 1.807) is 43.1 Å². The number of pyridine rings is 1. The number of aromatic nitrogens is 1. The Kier molecular flexibility index (Phi) is 8.46. The highest BCUT2D eigenvalue weighted by atomic mass is 19.1. The zero-order valence-electron chi connectivity index (χ0n) is 20.7. The van der Waals surface area contributed by atoms with Crippen molar-refractivity contribution in [1.82, 2.24) is 4.90 Å². The Hall–Kier alpha value is -3.45. The molecule has 35 heavy (non-hydrogen) atoms. The summed E-state index contributed by atoms with van der Waals surface area (Å²) in [4.78, 5) is 14.2. The van der Waals surface area contributed by atoms with Crippen molar-refractivity contribution in [3.63, 3.8) is 0 Å². The minimum atomic E-state index is -0.848. The molecule has 0 radical (unpaired) electrons. The molecular formula is C28H34FN2O4+. The third-order valence-electron chi connectivity index (χ3n) is 5.97. The van der Waals surface area contributed by atoms with Crippen LogP contribution in [-0.4, -0.2) is 39.6 Å². The van der Waals surface area contributed by atoms with Crippen LogP contribution in [0.25, 0.3) is 11.1 Å². The van der Waals surface area contributed by atoms with Crippen LogP contribution in [0.2, 0.25) is 0 Å². The summed E-state index contributed by atoms with van der Waals surface area (Å²) in [5, 5.41) is 19.6. The highest BCUT2D eigenvalue weighted by Crippen LogP contribution is 2.29. The first kappa shape index (κ1) is 26.2. The van der Waals surface area contributed by atoms with E-state index in [1.807, 2.05) is 50.2 Å². The van der Waals surface area contributed by atoms with Gasteiger partial charge in [0.15, 0.2) is 0 Å². The summed E-state index contributed by atoms with van der Waals surface area (Å²) >= 11 is 0. The van der Waals surface area contributed by atoms with E-state index in [1.165, 1.54) is 12.1 Å². The lowest BCUT2D eigenvalue weighted by molar-refractivity contribution is -0.908. The molecule has 6 nitrogen and oxygen atoms in total. The van der Waals surface area contributed by atoms with E-state index in [-0.39, 0.29) is 24.1 Å². The first-order valence-corrected chi connectivity index (χ1v) is 11.8. The molecule has 7 heteroatoms. The number of hydrogen-bond donors (Lipinski definition) is 2. The molecule has 0 bridgehead atoms. The Labute approximate surface area is 206 Å². The van der Waals surface area contributed by atoms with Crippen molar-refractivity contribution in [3.8, 4) is 11.1 Å². The predicted molar refractivity (Wildman–Crippen MR) is 131 cm³/mol. The summed E-state index contributed by atoms with van der Waals surface area (Å²) < 4.78 is 18.5. The van der Waals surface area contributed by atoms with Gasteiger partial charge in [0.25, 0.3) is 0 Å². The van der Waals surface area contributed by atoms with Crippen LogP contribution in [0.15, 0.2) is 72.9 Å². The van der Waals surface area contributed by atoms with Crippen LogP contribution in [0.5, 0.6) is 0 Å². The number of carbonyl (C=O) groups is 1. The number of rotatable bonds is 5. The highest BCUT2D eigenvalue weighted by Gasteiger charge is 2.33. The Balaban J connectivity index is 0.000000420. The number of carbonyl (C=O) groups excluding carboxylic acids is 1. The van der Waals surface area contributed by atoms with Gasteiger partial charge < -0.3 is 14.7 Å². The fourth-order valence-corrected chi connectivity index (χ4v) is 4.03. The topological polar surface area (TPSA) is 73.9 Å². The van der Waals surface area contributed by atoms with Gasteiger partial charge in [0, 0.05) is 43.2 Å². The first-order chi connectivity index (χ1) is 16.5. The molecule has 2 unspecified atom stereocenters. The van der Waals surface area contributed by atoms with Gasteiger partial charge >= 0.3 is 6.09 Å². The van der Waals surface area contributed by atoms with Gasteiger partial charge in [0.05, 0.1) is 11.6 Å². The van der Waals surface area contributed by atoms with Crippen molar-refractivity contribution in [1.29, 1.82) is 0 Å². The third-order valence-corrected chi connectivity index (χ3v) is 5.97. The second-order valence-corrected chi connectivity index (χ2v) is 9.50. The summed E-state index contributed by atoms with van der Waals surface area (Å²) in [5.41, 5.74) is 3.01. The molecule has 1 aromatic heterocycles. The van der Waals surface area contributed by atoms with Crippen molar-refractivity contribution in [2.24, 2.45) is 0 Å². The second-order valence-electron chi connectivity index (χ2n) is 9.50. The molecule has 4 rings (SSSR count). The van der Waals surface area contributed by atoms with Crippen LogP contribution >= 0.6 is 0 Å². The third kappa shape index (κ3) is 7.52. The normalized spacial score (nSPS) is 16.7. The monoisotopic (exact) mass is 481 g/mol. The van der Waals surface area contributed by atoms with Gasteiger partial charge in [-0.3, -0.25) is 5.21 Å². The first-order valence-electron chi connectivity index (χ1n) is 11.8. The largest absolute Gasteiger partial charge is 0.446 e. The number of hydrogen-bond acceptors (Lipinski definition) is 4.